The normalized spacial score (nSPS) is 18.9. The van der Waals surface area contributed by atoms with Crippen LogP contribution < -0.4 is 0 Å². The molecule has 2 nitrogen and oxygen atoms in total. The minimum absolute atomic E-state index is 0.133. The highest BCUT2D eigenvalue weighted by Gasteiger charge is 2.26. The van der Waals surface area contributed by atoms with Gasteiger partial charge in [-0.2, -0.15) is 0 Å². The monoisotopic (exact) mass is 455 g/mol. The first-order valence-corrected chi connectivity index (χ1v) is 13.8. The molecule has 0 radical (unpaired) electrons. The van der Waals surface area contributed by atoms with Gasteiger partial charge in [0.1, 0.15) is 5.78 Å². The predicted octanol–water partition coefficient (Wildman–Crippen LogP) is 8.59. The van der Waals surface area contributed by atoms with Crippen molar-refractivity contribution in [2.45, 2.75) is 96.4 Å². The van der Waals surface area contributed by atoms with Gasteiger partial charge in [0.2, 0.25) is 0 Å². The van der Waals surface area contributed by atoms with Crippen molar-refractivity contribution in [1.29, 1.82) is 0 Å². The van der Waals surface area contributed by atoms with Crippen LogP contribution in [0.5, 0.6) is 0 Å². The highest BCUT2D eigenvalue weighted by molar-refractivity contribution is 5.87. The highest BCUT2D eigenvalue weighted by Crippen LogP contribution is 2.37. The number of hydrogen-bond acceptors (Lipinski definition) is 1. The molecule has 2 heteroatoms. The lowest BCUT2D eigenvalue weighted by molar-refractivity contribution is -0.120. The van der Waals surface area contributed by atoms with E-state index in [1.165, 1.54) is 91.8 Å². The van der Waals surface area contributed by atoms with E-state index in [0.29, 0.717) is 18.1 Å². The lowest BCUT2D eigenvalue weighted by Crippen LogP contribution is -2.15. The maximum Gasteiger partial charge on any atom is 0.134 e. The van der Waals surface area contributed by atoms with Gasteiger partial charge in [-0.25, -0.2) is 0 Å². The van der Waals surface area contributed by atoms with E-state index in [1.807, 2.05) is 0 Å². The third-order valence-electron chi connectivity index (χ3n) is 8.49. The smallest absolute Gasteiger partial charge is 0.134 e. The average Bonchev–Trinajstić information content (AvgIpc) is 3.22. The topological polar surface area (TPSA) is 22.0 Å². The number of benzene rings is 2. The molecule has 1 atom stereocenters. The maximum atomic E-state index is 13.4. The number of rotatable bonds is 8. The van der Waals surface area contributed by atoms with Gasteiger partial charge < -0.3 is 4.57 Å². The van der Waals surface area contributed by atoms with Crippen LogP contribution in [0.4, 0.5) is 0 Å². The number of Topliss-reactive ketones (excluding diaryl/α,β-unsaturated/α-hetero) is 1. The molecule has 2 fully saturated rings. The summed E-state index contributed by atoms with van der Waals surface area (Å²) in [6.45, 7) is 3.27. The summed E-state index contributed by atoms with van der Waals surface area (Å²) in [5.41, 5.74) is 5.24. The maximum absolute atomic E-state index is 13.4. The van der Waals surface area contributed by atoms with Crippen molar-refractivity contribution in [3.05, 3.63) is 71.4 Å². The molecule has 0 spiro atoms. The minimum Gasteiger partial charge on any atom is -0.347 e. The van der Waals surface area contributed by atoms with Crippen LogP contribution in [0, 0.1) is 18.8 Å². The SMILES string of the molecule is Cc1cccc(C(CC(=O)CC2CCCCC2)c2cn(CC3CCCCC3)c3ccccc23)c1. The van der Waals surface area contributed by atoms with Gasteiger partial charge >= 0.3 is 0 Å². The Morgan fingerprint density at radius 2 is 1.59 bits per heavy atom. The molecule has 0 saturated heterocycles. The van der Waals surface area contributed by atoms with E-state index >= 15 is 0 Å². The van der Waals surface area contributed by atoms with Crippen molar-refractivity contribution >= 4 is 16.7 Å². The zero-order chi connectivity index (χ0) is 23.3. The van der Waals surface area contributed by atoms with Gasteiger partial charge in [0.15, 0.2) is 0 Å². The highest BCUT2D eigenvalue weighted by atomic mass is 16.1. The van der Waals surface area contributed by atoms with Crippen molar-refractivity contribution in [2.75, 3.05) is 0 Å². The largest absolute Gasteiger partial charge is 0.347 e. The van der Waals surface area contributed by atoms with E-state index in [-0.39, 0.29) is 5.92 Å². The van der Waals surface area contributed by atoms with Gasteiger partial charge in [-0.15, -0.1) is 0 Å². The van der Waals surface area contributed by atoms with E-state index in [4.69, 9.17) is 0 Å². The Labute approximate surface area is 205 Å². The van der Waals surface area contributed by atoms with Crippen LogP contribution in [0.2, 0.25) is 0 Å². The summed E-state index contributed by atoms with van der Waals surface area (Å²) in [5, 5.41) is 1.33. The van der Waals surface area contributed by atoms with Crippen molar-refractivity contribution < 1.29 is 4.79 Å². The Hall–Kier alpha value is -2.35. The van der Waals surface area contributed by atoms with E-state index in [1.54, 1.807) is 0 Å². The second kappa shape index (κ2) is 10.9. The molecule has 1 heterocycles. The summed E-state index contributed by atoms with van der Waals surface area (Å²) < 4.78 is 2.51. The molecule has 0 aliphatic heterocycles. The van der Waals surface area contributed by atoms with Crippen LogP contribution in [0.15, 0.2) is 54.7 Å². The number of para-hydroxylation sites is 1. The summed E-state index contributed by atoms with van der Waals surface area (Å²) in [6.07, 6.45) is 17.1. The van der Waals surface area contributed by atoms with Gasteiger partial charge in [0, 0.05) is 42.4 Å². The zero-order valence-corrected chi connectivity index (χ0v) is 21.0. The van der Waals surface area contributed by atoms with Crippen LogP contribution in [0.3, 0.4) is 0 Å². The van der Waals surface area contributed by atoms with Crippen molar-refractivity contribution in [1.82, 2.24) is 4.57 Å². The first-order chi connectivity index (χ1) is 16.7. The number of hydrogen-bond donors (Lipinski definition) is 0. The van der Waals surface area contributed by atoms with Gasteiger partial charge in [0.25, 0.3) is 0 Å². The lowest BCUT2D eigenvalue weighted by atomic mass is 9.81. The Balaban J connectivity index is 1.47. The Bertz CT molecular complexity index is 1100. The zero-order valence-electron chi connectivity index (χ0n) is 21.0. The molecule has 2 aliphatic carbocycles. The molecule has 2 saturated carbocycles. The van der Waals surface area contributed by atoms with E-state index in [2.05, 4.69) is 66.2 Å². The van der Waals surface area contributed by atoms with Crippen molar-refractivity contribution in [3.8, 4) is 0 Å². The second-order valence-electron chi connectivity index (χ2n) is 11.2. The molecule has 0 bridgehead atoms. The molecule has 3 aromatic rings. The molecule has 0 N–H and O–H groups in total. The third-order valence-corrected chi connectivity index (χ3v) is 8.49. The van der Waals surface area contributed by atoms with Gasteiger partial charge in [-0.05, 0) is 48.8 Å². The number of ketones is 1. The van der Waals surface area contributed by atoms with Crippen LogP contribution in [0.25, 0.3) is 10.9 Å². The molecule has 0 amide bonds. The molecule has 2 aliphatic rings. The fourth-order valence-corrected chi connectivity index (χ4v) is 6.67. The van der Waals surface area contributed by atoms with Crippen LogP contribution in [-0.4, -0.2) is 10.4 Å². The fourth-order valence-electron chi connectivity index (χ4n) is 6.67. The molecular weight excluding hydrogens is 414 g/mol. The minimum atomic E-state index is 0.133. The number of fused-ring (bicyclic) bond motifs is 1. The molecule has 1 unspecified atom stereocenters. The number of aromatic nitrogens is 1. The Morgan fingerprint density at radius 3 is 2.32 bits per heavy atom. The molecule has 1 aromatic heterocycles. The van der Waals surface area contributed by atoms with E-state index in [0.717, 1.165) is 18.9 Å². The molecule has 180 valence electrons. The molecular formula is C32H41NO. The molecule has 34 heavy (non-hydrogen) atoms. The summed E-state index contributed by atoms with van der Waals surface area (Å²) in [5.74, 6) is 1.96. The van der Waals surface area contributed by atoms with Crippen molar-refractivity contribution in [2.24, 2.45) is 11.8 Å². The van der Waals surface area contributed by atoms with Crippen molar-refractivity contribution in [3.63, 3.8) is 0 Å². The van der Waals surface area contributed by atoms with Gasteiger partial charge in [0.05, 0.1) is 0 Å². The first kappa shape index (κ1) is 23.4. The van der Waals surface area contributed by atoms with Crippen LogP contribution >= 0.6 is 0 Å². The fraction of sp³-hybridized carbons (Fsp3) is 0.531. The standard InChI is InChI=1S/C32H41NO/c1-24-11-10-16-27(19-24)30(21-28(34)20-25-12-4-2-5-13-25)31-23-33(22-26-14-6-3-7-15-26)32-18-9-8-17-29(31)32/h8-11,16-19,23,25-26,30H,2-7,12-15,20-22H2,1H3. The average molecular weight is 456 g/mol. The van der Waals surface area contributed by atoms with E-state index in [9.17, 15) is 4.79 Å². The number of nitrogens with zero attached hydrogens (tertiary/aromatic N) is 1. The lowest BCUT2D eigenvalue weighted by Gasteiger charge is -2.23. The van der Waals surface area contributed by atoms with Crippen LogP contribution in [0.1, 0.15) is 99.7 Å². The summed E-state index contributed by atoms with van der Waals surface area (Å²) in [7, 11) is 0. The molecule has 5 rings (SSSR count). The van der Waals surface area contributed by atoms with E-state index < -0.39 is 0 Å². The molecule has 2 aromatic carbocycles. The summed E-state index contributed by atoms with van der Waals surface area (Å²) >= 11 is 0. The van der Waals surface area contributed by atoms with Gasteiger partial charge in [-0.1, -0.05) is 99.4 Å². The summed E-state index contributed by atoms with van der Waals surface area (Å²) in [6, 6.07) is 17.7. The predicted molar refractivity (Wildman–Crippen MR) is 142 cm³/mol. The second-order valence-corrected chi connectivity index (χ2v) is 11.2. The van der Waals surface area contributed by atoms with Crippen LogP contribution in [-0.2, 0) is 11.3 Å². The number of carbonyl (C=O) groups excluding carboxylic acids is 1. The van der Waals surface area contributed by atoms with Gasteiger partial charge in [-0.3, -0.25) is 4.79 Å². The summed E-state index contributed by atoms with van der Waals surface area (Å²) in [4.78, 5) is 13.4. The third kappa shape index (κ3) is 5.48. The first-order valence-electron chi connectivity index (χ1n) is 13.8. The number of carbonyl (C=O) groups is 1. The Morgan fingerprint density at radius 1 is 0.882 bits per heavy atom. The Kier molecular flexibility index (Phi) is 7.52. The quantitative estimate of drug-likeness (QED) is 0.333. The number of aryl methyl sites for hydroxylation is 1.